The lowest BCUT2D eigenvalue weighted by atomic mass is 10.0. The van der Waals surface area contributed by atoms with Crippen LogP contribution in [0.3, 0.4) is 0 Å². The summed E-state index contributed by atoms with van der Waals surface area (Å²) in [5.41, 5.74) is 6.94. The maximum Gasteiger partial charge on any atom is 0.271 e. The Kier molecular flexibility index (Phi) is 5.25. The number of rotatable bonds is 5. The van der Waals surface area contributed by atoms with Gasteiger partial charge in [0.05, 0.1) is 22.7 Å². The second-order valence-corrected chi connectivity index (χ2v) is 7.62. The Balaban J connectivity index is 1.73. The van der Waals surface area contributed by atoms with Gasteiger partial charge in [-0.15, -0.1) is 0 Å². The number of fused-ring (bicyclic) bond motifs is 1. The lowest BCUT2D eigenvalue weighted by Crippen LogP contribution is -2.16. The molecule has 1 amide bonds. The predicted octanol–water partition coefficient (Wildman–Crippen LogP) is 5.02. The van der Waals surface area contributed by atoms with Gasteiger partial charge in [-0.05, 0) is 55.7 Å². The molecule has 0 aliphatic heterocycles. The monoisotopic (exact) mass is 414 g/mol. The Labute approximate surface area is 179 Å². The highest BCUT2D eigenvalue weighted by molar-refractivity contribution is 5.93. The van der Waals surface area contributed by atoms with Crippen LogP contribution in [0.4, 0.5) is 11.4 Å². The Morgan fingerprint density at radius 2 is 1.84 bits per heavy atom. The van der Waals surface area contributed by atoms with Gasteiger partial charge in [0.25, 0.3) is 5.69 Å². The zero-order chi connectivity index (χ0) is 22.1. The van der Waals surface area contributed by atoms with Crippen LogP contribution in [-0.2, 0) is 11.2 Å². The molecular weight excluding hydrogens is 392 g/mol. The van der Waals surface area contributed by atoms with E-state index >= 15 is 0 Å². The summed E-state index contributed by atoms with van der Waals surface area (Å²) >= 11 is 0. The molecule has 156 valence electrons. The minimum atomic E-state index is -0.485. The highest BCUT2D eigenvalue weighted by atomic mass is 16.6. The smallest absolute Gasteiger partial charge is 0.271 e. The number of amides is 1. The number of aromatic nitrogens is 2. The fraction of sp³-hybridized carbons (Fsp3) is 0.167. The van der Waals surface area contributed by atoms with Crippen molar-refractivity contribution < 1.29 is 9.72 Å². The molecule has 2 aromatic carbocycles. The first-order valence-electron chi connectivity index (χ1n) is 9.92. The number of benzene rings is 2. The summed E-state index contributed by atoms with van der Waals surface area (Å²) in [6.45, 7) is 6.09. The topological polar surface area (TPSA) is 89.5 Å². The van der Waals surface area contributed by atoms with Crippen molar-refractivity contribution in [3.8, 4) is 11.3 Å². The van der Waals surface area contributed by atoms with Gasteiger partial charge in [-0.1, -0.05) is 24.3 Å². The highest BCUT2D eigenvalue weighted by Crippen LogP contribution is 2.28. The molecule has 0 radical (unpaired) electrons. The molecule has 2 aromatic heterocycles. The third kappa shape index (κ3) is 4.02. The lowest BCUT2D eigenvalue weighted by Gasteiger charge is -2.09. The molecule has 7 nitrogen and oxygen atoms in total. The number of anilines is 1. The van der Waals surface area contributed by atoms with Gasteiger partial charge in [-0.3, -0.25) is 14.9 Å². The lowest BCUT2D eigenvalue weighted by molar-refractivity contribution is -0.384. The molecule has 0 spiro atoms. The van der Waals surface area contributed by atoms with Crippen molar-refractivity contribution in [2.75, 3.05) is 5.32 Å². The van der Waals surface area contributed by atoms with E-state index in [1.54, 1.807) is 12.1 Å². The third-order valence-corrected chi connectivity index (χ3v) is 5.39. The van der Waals surface area contributed by atoms with Crippen LogP contribution in [0.25, 0.3) is 16.9 Å². The van der Waals surface area contributed by atoms with E-state index < -0.39 is 4.92 Å². The van der Waals surface area contributed by atoms with Gasteiger partial charge >= 0.3 is 0 Å². The number of nitrogens with one attached hydrogen (secondary N) is 1. The van der Waals surface area contributed by atoms with Crippen LogP contribution < -0.4 is 5.32 Å². The first kappa shape index (κ1) is 20.3. The van der Waals surface area contributed by atoms with Gasteiger partial charge in [0.1, 0.15) is 5.65 Å². The predicted molar refractivity (Wildman–Crippen MR) is 120 cm³/mol. The van der Waals surface area contributed by atoms with E-state index in [2.05, 4.69) is 31.3 Å². The quantitative estimate of drug-likeness (QED) is 0.367. The maximum absolute atomic E-state index is 12.9. The van der Waals surface area contributed by atoms with E-state index in [-0.39, 0.29) is 18.0 Å². The van der Waals surface area contributed by atoms with Crippen molar-refractivity contribution in [3.05, 3.63) is 93.3 Å². The molecule has 0 saturated heterocycles. The Morgan fingerprint density at radius 1 is 1.03 bits per heavy atom. The SMILES string of the molecule is Cc1ccc(-c2nc3c(C)cccn3c2CC(=O)Nc2cccc([N+](=O)[O-])c2)cc1C. The Morgan fingerprint density at radius 3 is 2.58 bits per heavy atom. The van der Waals surface area contributed by atoms with Crippen molar-refractivity contribution in [3.63, 3.8) is 0 Å². The fourth-order valence-electron chi connectivity index (χ4n) is 3.60. The van der Waals surface area contributed by atoms with Crippen LogP contribution in [0, 0.1) is 30.9 Å². The second-order valence-electron chi connectivity index (χ2n) is 7.62. The normalized spacial score (nSPS) is 10.9. The molecule has 1 N–H and O–H groups in total. The van der Waals surface area contributed by atoms with Gasteiger partial charge in [0.2, 0.25) is 5.91 Å². The van der Waals surface area contributed by atoms with Gasteiger partial charge in [-0.25, -0.2) is 4.98 Å². The number of imidazole rings is 1. The summed E-state index contributed by atoms with van der Waals surface area (Å²) in [6.07, 6.45) is 1.98. The van der Waals surface area contributed by atoms with E-state index in [1.807, 2.05) is 35.7 Å². The first-order valence-corrected chi connectivity index (χ1v) is 9.92. The molecular formula is C24H22N4O3. The van der Waals surface area contributed by atoms with Crippen LogP contribution >= 0.6 is 0 Å². The second kappa shape index (κ2) is 8.02. The van der Waals surface area contributed by atoms with E-state index in [1.165, 1.54) is 17.7 Å². The summed E-state index contributed by atoms with van der Waals surface area (Å²) in [7, 11) is 0. The fourth-order valence-corrected chi connectivity index (χ4v) is 3.60. The van der Waals surface area contributed by atoms with Gasteiger partial charge in [0.15, 0.2) is 0 Å². The highest BCUT2D eigenvalue weighted by Gasteiger charge is 2.19. The van der Waals surface area contributed by atoms with Crippen molar-refractivity contribution in [1.29, 1.82) is 0 Å². The molecule has 0 fully saturated rings. The Bertz CT molecular complexity index is 1320. The number of carbonyl (C=O) groups excluding carboxylic acids is 1. The number of nitrogens with zero attached hydrogens (tertiary/aromatic N) is 3. The van der Waals surface area contributed by atoms with E-state index in [9.17, 15) is 14.9 Å². The zero-order valence-corrected chi connectivity index (χ0v) is 17.5. The van der Waals surface area contributed by atoms with Crippen LogP contribution in [-0.4, -0.2) is 20.2 Å². The zero-order valence-electron chi connectivity index (χ0n) is 17.5. The number of carbonyl (C=O) groups is 1. The van der Waals surface area contributed by atoms with Crippen LogP contribution in [0.5, 0.6) is 0 Å². The molecule has 4 aromatic rings. The molecule has 0 atom stereocenters. The number of aryl methyl sites for hydroxylation is 3. The summed E-state index contributed by atoms with van der Waals surface area (Å²) in [4.78, 5) is 28.2. The van der Waals surface area contributed by atoms with Crippen molar-refractivity contribution >= 4 is 22.9 Å². The first-order chi connectivity index (χ1) is 14.8. The maximum atomic E-state index is 12.9. The minimum absolute atomic E-state index is 0.0703. The van der Waals surface area contributed by atoms with Gasteiger partial charge in [-0.2, -0.15) is 0 Å². The molecule has 4 rings (SSSR count). The molecule has 0 aliphatic carbocycles. The number of hydrogen-bond acceptors (Lipinski definition) is 4. The number of hydrogen-bond donors (Lipinski definition) is 1. The third-order valence-electron chi connectivity index (χ3n) is 5.39. The molecule has 2 heterocycles. The average Bonchev–Trinajstić information content (AvgIpc) is 3.10. The van der Waals surface area contributed by atoms with Crippen LogP contribution in [0.15, 0.2) is 60.8 Å². The van der Waals surface area contributed by atoms with E-state index in [0.29, 0.717) is 5.69 Å². The van der Waals surface area contributed by atoms with Crippen molar-refractivity contribution in [1.82, 2.24) is 9.38 Å². The van der Waals surface area contributed by atoms with E-state index in [0.717, 1.165) is 33.7 Å². The molecule has 0 bridgehead atoms. The Hall–Kier alpha value is -4.00. The molecule has 31 heavy (non-hydrogen) atoms. The van der Waals surface area contributed by atoms with Crippen molar-refractivity contribution in [2.45, 2.75) is 27.2 Å². The molecule has 0 unspecified atom stereocenters. The van der Waals surface area contributed by atoms with Crippen molar-refractivity contribution in [2.24, 2.45) is 0 Å². The standard InChI is InChI=1S/C24H22N4O3/c1-15-9-10-18(12-17(15)3)23-21(27-11-5-6-16(2)24(27)26-23)14-22(29)25-19-7-4-8-20(13-19)28(30)31/h4-13H,14H2,1-3H3,(H,25,29). The summed E-state index contributed by atoms with van der Waals surface area (Å²) in [5.74, 6) is -0.270. The van der Waals surface area contributed by atoms with E-state index in [4.69, 9.17) is 4.98 Å². The number of nitro groups is 1. The minimum Gasteiger partial charge on any atom is -0.325 e. The summed E-state index contributed by atoms with van der Waals surface area (Å²) in [6, 6.07) is 16.0. The average molecular weight is 414 g/mol. The van der Waals surface area contributed by atoms with Gasteiger partial charge < -0.3 is 9.72 Å². The van der Waals surface area contributed by atoms with Crippen LogP contribution in [0.2, 0.25) is 0 Å². The summed E-state index contributed by atoms with van der Waals surface area (Å²) < 4.78 is 1.94. The largest absolute Gasteiger partial charge is 0.325 e. The molecule has 0 aliphatic rings. The summed E-state index contributed by atoms with van der Waals surface area (Å²) in [5, 5.41) is 13.8. The number of non-ortho nitro benzene ring substituents is 1. The molecule has 0 saturated carbocycles. The number of nitro benzene ring substituents is 1. The molecule has 7 heteroatoms. The van der Waals surface area contributed by atoms with Gasteiger partial charge in [0, 0.05) is 29.6 Å². The number of pyridine rings is 1. The van der Waals surface area contributed by atoms with Crippen LogP contribution in [0.1, 0.15) is 22.4 Å².